The molecule has 7 heteroatoms. The minimum absolute atomic E-state index is 0.0104. The Balaban J connectivity index is 1.95. The third-order valence-electron chi connectivity index (χ3n) is 2.77. The van der Waals surface area contributed by atoms with E-state index in [1.165, 1.54) is 11.3 Å². The second-order valence-corrected chi connectivity index (χ2v) is 5.64. The highest BCUT2D eigenvalue weighted by Crippen LogP contribution is 2.32. The molecule has 0 unspecified atom stereocenters. The van der Waals surface area contributed by atoms with Crippen molar-refractivity contribution in [1.29, 1.82) is 0 Å². The van der Waals surface area contributed by atoms with Crippen LogP contribution >= 0.6 is 22.9 Å². The molecule has 1 aromatic carbocycles. The van der Waals surface area contributed by atoms with Crippen molar-refractivity contribution in [2.45, 2.75) is 13.0 Å². The van der Waals surface area contributed by atoms with Gasteiger partial charge in [0.2, 0.25) is 10.4 Å². The highest BCUT2D eigenvalue weighted by molar-refractivity contribution is 7.15. The summed E-state index contributed by atoms with van der Waals surface area (Å²) in [6.45, 7) is 0.757. The second kappa shape index (κ2) is 5.14. The van der Waals surface area contributed by atoms with E-state index in [4.69, 9.17) is 16.3 Å². The predicted octanol–water partition coefficient (Wildman–Crippen LogP) is 2.51. The van der Waals surface area contributed by atoms with Gasteiger partial charge in [-0.15, -0.1) is 10.2 Å². The number of ether oxygens (including phenoxy) is 1. The van der Waals surface area contributed by atoms with E-state index in [-0.39, 0.29) is 5.91 Å². The Morgan fingerprint density at radius 2 is 2.21 bits per heavy atom. The molecule has 1 aliphatic heterocycles. The van der Waals surface area contributed by atoms with Gasteiger partial charge in [-0.2, -0.15) is 0 Å². The quantitative estimate of drug-likeness (QED) is 0.854. The summed E-state index contributed by atoms with van der Waals surface area (Å²) < 4.78 is 5.95. The molecule has 5 nitrogen and oxygen atoms in total. The number of halogens is 1. The van der Waals surface area contributed by atoms with Crippen molar-refractivity contribution >= 4 is 34.5 Å². The predicted molar refractivity (Wildman–Crippen MR) is 72.7 cm³/mol. The van der Waals surface area contributed by atoms with E-state index >= 15 is 0 Å². The Bertz CT molecular complexity index is 617. The van der Waals surface area contributed by atoms with Gasteiger partial charge in [0.1, 0.15) is 10.8 Å². The molecule has 0 saturated carbocycles. The lowest BCUT2D eigenvalue weighted by Gasteiger charge is -2.20. The minimum Gasteiger partial charge on any atom is -0.491 e. The van der Waals surface area contributed by atoms with Gasteiger partial charge in [-0.1, -0.05) is 23.5 Å². The Hall–Kier alpha value is -1.66. The van der Waals surface area contributed by atoms with Gasteiger partial charge >= 0.3 is 0 Å². The van der Waals surface area contributed by atoms with Gasteiger partial charge in [-0.25, -0.2) is 0 Å². The maximum absolute atomic E-state index is 12.2. The Morgan fingerprint density at radius 3 is 3.00 bits per heavy atom. The average molecular weight is 296 g/mol. The first-order chi connectivity index (χ1) is 9.24. The number of carbonyl (C=O) groups excluding carboxylic acids is 1. The number of benzene rings is 1. The van der Waals surface area contributed by atoms with Crippen LogP contribution in [0.15, 0.2) is 24.3 Å². The molecule has 2 heterocycles. The molecule has 3 rings (SSSR count). The lowest BCUT2D eigenvalue weighted by atomic mass is 10.2. The fourth-order valence-electron chi connectivity index (χ4n) is 1.93. The first kappa shape index (κ1) is 12.4. The fourth-order valence-corrected chi connectivity index (χ4v) is 2.78. The summed E-state index contributed by atoms with van der Waals surface area (Å²) >= 11 is 7.04. The van der Waals surface area contributed by atoms with E-state index < -0.39 is 0 Å². The summed E-state index contributed by atoms with van der Waals surface area (Å²) in [5, 5.41) is 8.40. The number of aromatic nitrogens is 2. The Labute approximate surface area is 118 Å². The molecule has 0 radical (unpaired) electrons. The molecule has 0 fully saturated rings. The van der Waals surface area contributed by atoms with Gasteiger partial charge in [0.25, 0.3) is 0 Å². The van der Waals surface area contributed by atoms with Crippen molar-refractivity contribution in [2.24, 2.45) is 0 Å². The Morgan fingerprint density at radius 1 is 1.37 bits per heavy atom. The second-order valence-electron chi connectivity index (χ2n) is 3.99. The van der Waals surface area contributed by atoms with Crippen LogP contribution in [0.3, 0.4) is 0 Å². The SMILES string of the molecule is O=C1CCOc2ccccc2N1Cc1nnc(Cl)s1. The molecule has 1 aliphatic rings. The number of carbonyl (C=O) groups is 1. The standard InChI is InChI=1S/C12H10ClN3O2S/c13-12-15-14-10(19-12)7-16-8-3-1-2-4-9(8)18-6-5-11(16)17/h1-4H,5-7H2. The summed E-state index contributed by atoms with van der Waals surface area (Å²) in [6.07, 6.45) is 0.348. The number of amides is 1. The molecule has 0 N–H and O–H groups in total. The van der Waals surface area contributed by atoms with E-state index in [0.29, 0.717) is 34.8 Å². The van der Waals surface area contributed by atoms with E-state index in [2.05, 4.69) is 10.2 Å². The van der Waals surface area contributed by atoms with Crippen molar-refractivity contribution in [3.63, 3.8) is 0 Å². The van der Waals surface area contributed by atoms with Crippen LogP contribution in [-0.4, -0.2) is 22.7 Å². The van der Waals surface area contributed by atoms with Crippen LogP contribution in [-0.2, 0) is 11.3 Å². The molecule has 1 aromatic heterocycles. The maximum atomic E-state index is 12.2. The minimum atomic E-state index is 0.0104. The largest absolute Gasteiger partial charge is 0.491 e. The topological polar surface area (TPSA) is 55.3 Å². The summed E-state index contributed by atoms with van der Waals surface area (Å²) in [5.41, 5.74) is 0.760. The van der Waals surface area contributed by atoms with Gasteiger partial charge in [-0.3, -0.25) is 4.79 Å². The number of fused-ring (bicyclic) bond motifs is 1. The molecular weight excluding hydrogens is 286 g/mol. The van der Waals surface area contributed by atoms with Crippen LogP contribution in [0.5, 0.6) is 5.75 Å². The van der Waals surface area contributed by atoms with E-state index in [1.54, 1.807) is 4.90 Å². The lowest BCUT2D eigenvalue weighted by molar-refractivity contribution is -0.118. The van der Waals surface area contributed by atoms with Gasteiger partial charge in [0, 0.05) is 0 Å². The van der Waals surface area contributed by atoms with Crippen LogP contribution in [0.25, 0.3) is 0 Å². The van der Waals surface area contributed by atoms with Crippen molar-refractivity contribution in [3.8, 4) is 5.75 Å². The number of para-hydroxylation sites is 2. The zero-order valence-corrected chi connectivity index (χ0v) is 11.4. The van der Waals surface area contributed by atoms with Crippen LogP contribution in [0, 0.1) is 0 Å². The summed E-state index contributed by atoms with van der Waals surface area (Å²) in [4.78, 5) is 13.8. The zero-order chi connectivity index (χ0) is 13.2. The summed E-state index contributed by atoms with van der Waals surface area (Å²) in [7, 11) is 0. The van der Waals surface area contributed by atoms with Crippen molar-refractivity contribution < 1.29 is 9.53 Å². The smallest absolute Gasteiger partial charge is 0.230 e. The number of anilines is 1. The van der Waals surface area contributed by atoms with Crippen LogP contribution in [0.1, 0.15) is 11.4 Å². The third-order valence-corrected chi connectivity index (χ3v) is 3.77. The number of rotatable bonds is 2. The van der Waals surface area contributed by atoms with E-state index in [1.807, 2.05) is 24.3 Å². The van der Waals surface area contributed by atoms with Gasteiger partial charge in [0.15, 0.2) is 0 Å². The van der Waals surface area contributed by atoms with Crippen LogP contribution in [0.2, 0.25) is 4.47 Å². The molecule has 0 aliphatic carbocycles. The molecule has 0 spiro atoms. The van der Waals surface area contributed by atoms with Crippen LogP contribution < -0.4 is 9.64 Å². The van der Waals surface area contributed by atoms with Crippen molar-refractivity contribution in [1.82, 2.24) is 10.2 Å². The lowest BCUT2D eigenvalue weighted by Crippen LogP contribution is -2.29. The molecule has 0 bridgehead atoms. The zero-order valence-electron chi connectivity index (χ0n) is 9.88. The molecule has 0 atom stereocenters. The van der Waals surface area contributed by atoms with E-state index in [9.17, 15) is 4.79 Å². The fraction of sp³-hybridized carbons (Fsp3) is 0.250. The molecule has 2 aromatic rings. The van der Waals surface area contributed by atoms with Crippen molar-refractivity contribution in [2.75, 3.05) is 11.5 Å². The number of hydrogen-bond acceptors (Lipinski definition) is 5. The van der Waals surface area contributed by atoms with Gasteiger partial charge in [-0.05, 0) is 23.7 Å². The molecule has 19 heavy (non-hydrogen) atoms. The first-order valence-electron chi connectivity index (χ1n) is 5.74. The van der Waals surface area contributed by atoms with Crippen LogP contribution in [0.4, 0.5) is 5.69 Å². The van der Waals surface area contributed by atoms with Gasteiger partial charge < -0.3 is 9.64 Å². The Kier molecular flexibility index (Phi) is 3.35. The monoisotopic (exact) mass is 295 g/mol. The normalized spacial score (nSPS) is 14.8. The average Bonchev–Trinajstić information content (AvgIpc) is 2.75. The first-order valence-corrected chi connectivity index (χ1v) is 6.93. The number of nitrogens with zero attached hydrogens (tertiary/aromatic N) is 3. The summed E-state index contributed by atoms with van der Waals surface area (Å²) in [6, 6.07) is 7.48. The molecular formula is C12H10ClN3O2S. The molecule has 1 amide bonds. The highest BCUT2D eigenvalue weighted by Gasteiger charge is 2.24. The third kappa shape index (κ3) is 2.54. The maximum Gasteiger partial charge on any atom is 0.230 e. The number of hydrogen-bond donors (Lipinski definition) is 0. The van der Waals surface area contributed by atoms with E-state index in [0.717, 1.165) is 5.69 Å². The molecule has 0 saturated heterocycles. The highest BCUT2D eigenvalue weighted by atomic mass is 35.5. The summed E-state index contributed by atoms with van der Waals surface area (Å²) in [5.74, 6) is 0.722. The van der Waals surface area contributed by atoms with Gasteiger partial charge in [0.05, 0.1) is 25.3 Å². The van der Waals surface area contributed by atoms with Crippen molar-refractivity contribution in [3.05, 3.63) is 33.7 Å². The molecule has 98 valence electrons.